The standard InChI is InChI=1S/C5H10N2O4/c1-6(2)5(9)4(8)3-7(10)11/h4,8H,3H2,1-2H3. The molecule has 1 amide bonds. The molecule has 1 atom stereocenters. The van der Waals surface area contributed by atoms with Crippen molar-refractivity contribution in [2.24, 2.45) is 0 Å². The van der Waals surface area contributed by atoms with Crippen LogP contribution < -0.4 is 0 Å². The van der Waals surface area contributed by atoms with Crippen molar-refractivity contribution in [2.75, 3.05) is 20.6 Å². The lowest BCUT2D eigenvalue weighted by Gasteiger charge is -2.12. The lowest BCUT2D eigenvalue weighted by Crippen LogP contribution is -2.37. The minimum absolute atomic E-state index is 0.651. The monoisotopic (exact) mass is 162 g/mol. The lowest BCUT2D eigenvalue weighted by atomic mass is 10.3. The summed E-state index contributed by atoms with van der Waals surface area (Å²) in [6.07, 6.45) is -1.53. The molecule has 6 nitrogen and oxygen atoms in total. The van der Waals surface area contributed by atoms with Gasteiger partial charge < -0.3 is 10.0 Å². The van der Waals surface area contributed by atoms with Crippen LogP contribution in [0.5, 0.6) is 0 Å². The van der Waals surface area contributed by atoms with Crippen LogP contribution in [0.3, 0.4) is 0 Å². The van der Waals surface area contributed by atoms with Crippen LogP contribution >= 0.6 is 0 Å². The molecule has 0 fully saturated rings. The van der Waals surface area contributed by atoms with E-state index in [1.165, 1.54) is 14.1 Å². The zero-order valence-corrected chi connectivity index (χ0v) is 6.35. The highest BCUT2D eigenvalue weighted by Gasteiger charge is 2.21. The average Bonchev–Trinajstić information content (AvgIpc) is 1.84. The predicted octanol–water partition coefficient (Wildman–Crippen LogP) is -1.29. The molecule has 11 heavy (non-hydrogen) atoms. The van der Waals surface area contributed by atoms with Crippen LogP contribution in [0, 0.1) is 10.1 Å². The Morgan fingerprint density at radius 3 is 2.45 bits per heavy atom. The number of likely N-dealkylation sites (N-methyl/N-ethyl adjacent to an activating group) is 1. The number of nitro groups is 1. The van der Waals surface area contributed by atoms with Gasteiger partial charge in [0.2, 0.25) is 6.54 Å². The fraction of sp³-hybridized carbons (Fsp3) is 0.800. The Labute approximate surface area is 63.6 Å². The molecule has 6 heteroatoms. The summed E-state index contributed by atoms with van der Waals surface area (Å²) in [5.41, 5.74) is 0. The van der Waals surface area contributed by atoms with Gasteiger partial charge in [-0.2, -0.15) is 0 Å². The van der Waals surface area contributed by atoms with E-state index in [0.717, 1.165) is 4.90 Å². The fourth-order valence-electron chi connectivity index (χ4n) is 0.517. The SMILES string of the molecule is CN(C)C(=O)C(O)C[N+](=O)[O-]. The Morgan fingerprint density at radius 1 is 1.73 bits per heavy atom. The number of nitrogens with zero attached hydrogens (tertiary/aromatic N) is 2. The van der Waals surface area contributed by atoms with Crippen molar-refractivity contribution in [2.45, 2.75) is 6.10 Å². The molecule has 0 bridgehead atoms. The molecule has 0 aliphatic rings. The second-order valence-electron chi connectivity index (χ2n) is 2.26. The van der Waals surface area contributed by atoms with Gasteiger partial charge in [0.05, 0.1) is 0 Å². The van der Waals surface area contributed by atoms with E-state index in [0.29, 0.717) is 0 Å². The van der Waals surface area contributed by atoms with Gasteiger partial charge in [0.1, 0.15) is 0 Å². The minimum atomic E-state index is -1.53. The summed E-state index contributed by atoms with van der Waals surface area (Å²) in [4.78, 5) is 20.9. The molecule has 0 radical (unpaired) electrons. The summed E-state index contributed by atoms with van der Waals surface area (Å²) in [5.74, 6) is -0.651. The quantitative estimate of drug-likeness (QED) is 0.413. The van der Waals surface area contributed by atoms with Crippen LogP contribution in [0.25, 0.3) is 0 Å². The first kappa shape index (κ1) is 9.83. The molecule has 0 rings (SSSR count). The molecule has 0 aliphatic heterocycles. The molecule has 0 aromatic carbocycles. The number of amides is 1. The number of aliphatic hydroxyl groups excluding tert-OH is 1. The maximum absolute atomic E-state index is 10.7. The summed E-state index contributed by atoms with van der Waals surface area (Å²) < 4.78 is 0. The first-order chi connectivity index (χ1) is 4.95. The summed E-state index contributed by atoms with van der Waals surface area (Å²) in [5, 5.41) is 18.6. The smallest absolute Gasteiger partial charge is 0.257 e. The summed E-state index contributed by atoms with van der Waals surface area (Å²) in [6, 6.07) is 0. The molecule has 0 aliphatic carbocycles. The number of hydrogen-bond acceptors (Lipinski definition) is 4. The Hall–Kier alpha value is -1.17. The first-order valence-corrected chi connectivity index (χ1v) is 2.96. The van der Waals surface area contributed by atoms with E-state index < -0.39 is 23.5 Å². The van der Waals surface area contributed by atoms with Crippen LogP contribution in [0.4, 0.5) is 0 Å². The van der Waals surface area contributed by atoms with E-state index in [1.807, 2.05) is 0 Å². The van der Waals surface area contributed by atoms with Gasteiger partial charge in [0.15, 0.2) is 6.10 Å². The maximum Gasteiger partial charge on any atom is 0.257 e. The second kappa shape index (κ2) is 3.87. The minimum Gasteiger partial charge on any atom is -0.377 e. The third-order valence-electron chi connectivity index (χ3n) is 1.05. The molecule has 1 unspecified atom stereocenters. The second-order valence-corrected chi connectivity index (χ2v) is 2.26. The van der Waals surface area contributed by atoms with Crippen molar-refractivity contribution >= 4 is 5.91 Å². The van der Waals surface area contributed by atoms with Gasteiger partial charge in [-0.05, 0) is 0 Å². The lowest BCUT2D eigenvalue weighted by molar-refractivity contribution is -0.487. The van der Waals surface area contributed by atoms with Crippen molar-refractivity contribution in [1.29, 1.82) is 0 Å². The van der Waals surface area contributed by atoms with Crippen LogP contribution in [-0.2, 0) is 4.79 Å². The van der Waals surface area contributed by atoms with Crippen molar-refractivity contribution in [3.05, 3.63) is 10.1 Å². The van der Waals surface area contributed by atoms with Gasteiger partial charge >= 0.3 is 0 Å². The van der Waals surface area contributed by atoms with Gasteiger partial charge in [-0.3, -0.25) is 14.9 Å². The summed E-state index contributed by atoms with van der Waals surface area (Å²) in [6.45, 7) is -0.739. The topological polar surface area (TPSA) is 83.7 Å². The molecule has 64 valence electrons. The van der Waals surface area contributed by atoms with Crippen LogP contribution in [0.15, 0.2) is 0 Å². The molecule has 0 saturated heterocycles. The van der Waals surface area contributed by atoms with Crippen molar-refractivity contribution < 1.29 is 14.8 Å². The molecule has 0 heterocycles. The van der Waals surface area contributed by atoms with Crippen molar-refractivity contribution in [1.82, 2.24) is 4.90 Å². The Bertz CT molecular complexity index is 168. The van der Waals surface area contributed by atoms with E-state index in [4.69, 9.17) is 5.11 Å². The van der Waals surface area contributed by atoms with Gasteiger partial charge in [-0.25, -0.2) is 0 Å². The van der Waals surface area contributed by atoms with Crippen LogP contribution in [-0.4, -0.2) is 47.6 Å². The zero-order chi connectivity index (χ0) is 9.02. The van der Waals surface area contributed by atoms with E-state index in [-0.39, 0.29) is 0 Å². The number of rotatable bonds is 3. The third kappa shape index (κ3) is 3.51. The molecule has 0 saturated carbocycles. The Morgan fingerprint density at radius 2 is 2.18 bits per heavy atom. The zero-order valence-electron chi connectivity index (χ0n) is 6.35. The largest absolute Gasteiger partial charge is 0.377 e. The van der Waals surface area contributed by atoms with E-state index >= 15 is 0 Å². The fourth-order valence-corrected chi connectivity index (χ4v) is 0.517. The van der Waals surface area contributed by atoms with Crippen LogP contribution in [0.2, 0.25) is 0 Å². The van der Waals surface area contributed by atoms with Crippen LogP contribution in [0.1, 0.15) is 0 Å². The summed E-state index contributed by atoms with van der Waals surface area (Å²) in [7, 11) is 2.84. The van der Waals surface area contributed by atoms with Gasteiger partial charge in [0, 0.05) is 19.0 Å². The van der Waals surface area contributed by atoms with Gasteiger partial charge in [0.25, 0.3) is 5.91 Å². The normalized spacial score (nSPS) is 12.3. The molecular formula is C5H10N2O4. The Balaban J connectivity index is 3.93. The first-order valence-electron chi connectivity index (χ1n) is 2.96. The predicted molar refractivity (Wildman–Crippen MR) is 36.6 cm³/mol. The molecule has 0 aromatic heterocycles. The maximum atomic E-state index is 10.7. The molecule has 0 aromatic rings. The average molecular weight is 162 g/mol. The number of carbonyl (C=O) groups excluding carboxylic acids is 1. The third-order valence-corrected chi connectivity index (χ3v) is 1.05. The molecule has 1 N–H and O–H groups in total. The highest BCUT2D eigenvalue weighted by atomic mass is 16.6. The number of hydrogen-bond donors (Lipinski definition) is 1. The van der Waals surface area contributed by atoms with Crippen molar-refractivity contribution in [3.8, 4) is 0 Å². The van der Waals surface area contributed by atoms with E-state index in [1.54, 1.807) is 0 Å². The van der Waals surface area contributed by atoms with Crippen molar-refractivity contribution in [3.63, 3.8) is 0 Å². The van der Waals surface area contributed by atoms with Gasteiger partial charge in [-0.15, -0.1) is 0 Å². The highest BCUT2D eigenvalue weighted by Crippen LogP contribution is 1.89. The number of aliphatic hydroxyl groups is 1. The van der Waals surface area contributed by atoms with E-state index in [2.05, 4.69) is 0 Å². The molecule has 0 spiro atoms. The van der Waals surface area contributed by atoms with Gasteiger partial charge in [-0.1, -0.05) is 0 Å². The van der Waals surface area contributed by atoms with E-state index in [9.17, 15) is 14.9 Å². The molecular weight excluding hydrogens is 152 g/mol. The highest BCUT2D eigenvalue weighted by molar-refractivity contribution is 5.80. The number of carbonyl (C=O) groups is 1. The summed E-state index contributed by atoms with van der Waals surface area (Å²) >= 11 is 0. The Kier molecular flexibility index (Phi) is 3.46.